The lowest BCUT2D eigenvalue weighted by molar-refractivity contribution is -0.385. The molecule has 1 rings (SSSR count). The van der Waals surface area contributed by atoms with Gasteiger partial charge in [0, 0.05) is 29.1 Å². The molecule has 0 aromatic heterocycles. The predicted octanol–water partition coefficient (Wildman–Crippen LogP) is 3.05. The number of hydrogen-bond acceptors (Lipinski definition) is 4. The second kappa shape index (κ2) is 5.12. The molecular formula is C12H13N3O2. The first-order valence-corrected chi connectivity index (χ1v) is 5.04. The van der Waals surface area contributed by atoms with Gasteiger partial charge in [-0.2, -0.15) is 5.26 Å². The minimum absolute atomic E-state index is 0.106. The Morgan fingerprint density at radius 3 is 2.65 bits per heavy atom. The number of nitriles is 1. The van der Waals surface area contributed by atoms with E-state index in [4.69, 9.17) is 5.26 Å². The Bertz CT molecular complexity index is 527. The van der Waals surface area contributed by atoms with Crippen molar-refractivity contribution in [2.45, 2.75) is 20.8 Å². The quantitative estimate of drug-likeness (QED) is 0.492. The van der Waals surface area contributed by atoms with E-state index in [1.807, 2.05) is 6.07 Å². The zero-order valence-corrected chi connectivity index (χ0v) is 9.94. The average molecular weight is 231 g/mol. The number of benzene rings is 1. The predicted molar refractivity (Wildman–Crippen MR) is 65.6 cm³/mol. The van der Waals surface area contributed by atoms with Crippen LogP contribution in [0.1, 0.15) is 18.1 Å². The van der Waals surface area contributed by atoms with E-state index in [9.17, 15) is 10.1 Å². The SMILES string of the molecule is C/C(C#N)=C/Nc1cc(C)c([N+](=O)[O-])cc1C. The molecule has 0 bridgehead atoms. The first-order chi connectivity index (χ1) is 7.95. The molecule has 1 aromatic carbocycles. The van der Waals surface area contributed by atoms with E-state index in [0.717, 1.165) is 11.3 Å². The number of nitro groups is 1. The number of allylic oxidation sites excluding steroid dienone is 1. The maximum atomic E-state index is 10.7. The summed E-state index contributed by atoms with van der Waals surface area (Å²) in [7, 11) is 0. The van der Waals surface area contributed by atoms with Crippen LogP contribution in [0.2, 0.25) is 0 Å². The van der Waals surface area contributed by atoms with Crippen molar-refractivity contribution >= 4 is 11.4 Å². The minimum Gasteiger partial charge on any atom is -0.360 e. The monoisotopic (exact) mass is 231 g/mol. The number of rotatable bonds is 3. The number of hydrogen-bond donors (Lipinski definition) is 1. The highest BCUT2D eigenvalue weighted by molar-refractivity contribution is 5.60. The summed E-state index contributed by atoms with van der Waals surface area (Å²) in [4.78, 5) is 10.3. The normalized spacial score (nSPS) is 10.8. The molecule has 1 aromatic rings. The molecule has 0 spiro atoms. The van der Waals surface area contributed by atoms with Crippen molar-refractivity contribution in [3.05, 3.63) is 45.1 Å². The maximum absolute atomic E-state index is 10.7. The second-order valence-electron chi connectivity index (χ2n) is 3.79. The Kier molecular flexibility index (Phi) is 3.83. The van der Waals surface area contributed by atoms with Gasteiger partial charge in [-0.25, -0.2) is 0 Å². The second-order valence-corrected chi connectivity index (χ2v) is 3.79. The van der Waals surface area contributed by atoms with Crippen molar-refractivity contribution < 1.29 is 4.92 Å². The molecule has 5 nitrogen and oxygen atoms in total. The highest BCUT2D eigenvalue weighted by Gasteiger charge is 2.12. The number of anilines is 1. The molecule has 0 saturated carbocycles. The molecule has 1 N–H and O–H groups in total. The van der Waals surface area contributed by atoms with Gasteiger partial charge in [0.15, 0.2) is 0 Å². The number of nitrogens with one attached hydrogen (secondary N) is 1. The Labute approximate surface area is 99.5 Å². The molecule has 0 saturated heterocycles. The summed E-state index contributed by atoms with van der Waals surface area (Å²) in [5, 5.41) is 22.3. The van der Waals surface area contributed by atoms with Crippen molar-refractivity contribution in [2.24, 2.45) is 0 Å². The smallest absolute Gasteiger partial charge is 0.272 e. The standard InChI is InChI=1S/C12H13N3O2/c1-8(6-13)7-14-11-4-10(3)12(15(16)17)5-9(11)2/h4-5,7,14H,1-3H3/b8-7-. The Morgan fingerprint density at radius 2 is 2.12 bits per heavy atom. The zero-order chi connectivity index (χ0) is 13.0. The third-order valence-corrected chi connectivity index (χ3v) is 2.36. The van der Waals surface area contributed by atoms with Crippen molar-refractivity contribution in [1.29, 1.82) is 5.26 Å². The molecule has 0 aliphatic rings. The summed E-state index contributed by atoms with van der Waals surface area (Å²) in [6.45, 7) is 5.15. The molecule has 5 heteroatoms. The van der Waals surface area contributed by atoms with Gasteiger partial charge in [0.25, 0.3) is 5.69 Å². The number of nitro benzene ring substituents is 1. The largest absolute Gasteiger partial charge is 0.360 e. The summed E-state index contributed by atoms with van der Waals surface area (Å²) in [5.74, 6) is 0. The van der Waals surface area contributed by atoms with E-state index in [-0.39, 0.29) is 5.69 Å². The molecule has 88 valence electrons. The van der Waals surface area contributed by atoms with Gasteiger partial charge in [-0.05, 0) is 32.4 Å². The van der Waals surface area contributed by atoms with Crippen LogP contribution in [-0.2, 0) is 0 Å². The molecule has 17 heavy (non-hydrogen) atoms. The van der Waals surface area contributed by atoms with E-state index in [1.165, 1.54) is 6.07 Å². The van der Waals surface area contributed by atoms with Gasteiger partial charge in [0.05, 0.1) is 11.0 Å². The lowest BCUT2D eigenvalue weighted by atomic mass is 10.1. The summed E-state index contributed by atoms with van der Waals surface area (Å²) in [6, 6.07) is 5.21. The summed E-state index contributed by atoms with van der Waals surface area (Å²) in [5.41, 5.74) is 2.77. The topological polar surface area (TPSA) is 79.0 Å². The average Bonchev–Trinajstić information content (AvgIpc) is 2.28. The zero-order valence-electron chi connectivity index (χ0n) is 9.94. The van der Waals surface area contributed by atoms with E-state index in [2.05, 4.69) is 5.32 Å². The summed E-state index contributed by atoms with van der Waals surface area (Å²) in [6.07, 6.45) is 1.58. The van der Waals surface area contributed by atoms with Crippen LogP contribution in [0.5, 0.6) is 0 Å². The summed E-state index contributed by atoms with van der Waals surface area (Å²) < 4.78 is 0. The molecule has 0 radical (unpaired) electrons. The Morgan fingerprint density at radius 1 is 1.47 bits per heavy atom. The highest BCUT2D eigenvalue weighted by Crippen LogP contribution is 2.25. The lowest BCUT2D eigenvalue weighted by Gasteiger charge is -2.07. The van der Waals surface area contributed by atoms with Gasteiger partial charge in [-0.3, -0.25) is 10.1 Å². The van der Waals surface area contributed by atoms with Crippen molar-refractivity contribution in [2.75, 3.05) is 5.32 Å². The van der Waals surface area contributed by atoms with E-state index in [0.29, 0.717) is 11.1 Å². The van der Waals surface area contributed by atoms with Gasteiger partial charge in [-0.15, -0.1) is 0 Å². The molecule has 0 fully saturated rings. The van der Waals surface area contributed by atoms with Crippen LogP contribution >= 0.6 is 0 Å². The van der Waals surface area contributed by atoms with E-state index in [1.54, 1.807) is 33.0 Å². The van der Waals surface area contributed by atoms with Crippen LogP contribution in [0.3, 0.4) is 0 Å². The van der Waals surface area contributed by atoms with Gasteiger partial charge in [-0.1, -0.05) is 0 Å². The molecule has 0 amide bonds. The van der Waals surface area contributed by atoms with Gasteiger partial charge in [0.2, 0.25) is 0 Å². The van der Waals surface area contributed by atoms with Crippen LogP contribution < -0.4 is 5.32 Å². The fourth-order valence-electron chi connectivity index (χ4n) is 1.37. The van der Waals surface area contributed by atoms with Crippen molar-refractivity contribution in [1.82, 2.24) is 0 Å². The molecule has 0 aliphatic heterocycles. The fraction of sp³-hybridized carbons (Fsp3) is 0.250. The van der Waals surface area contributed by atoms with Crippen LogP contribution in [0.25, 0.3) is 0 Å². The number of aryl methyl sites for hydroxylation is 2. The molecule has 0 heterocycles. The third-order valence-electron chi connectivity index (χ3n) is 2.36. The maximum Gasteiger partial charge on any atom is 0.272 e. The summed E-state index contributed by atoms with van der Waals surface area (Å²) >= 11 is 0. The Hall–Kier alpha value is -2.35. The van der Waals surface area contributed by atoms with Gasteiger partial charge >= 0.3 is 0 Å². The fourth-order valence-corrected chi connectivity index (χ4v) is 1.37. The van der Waals surface area contributed by atoms with Crippen LogP contribution in [0.4, 0.5) is 11.4 Å². The van der Waals surface area contributed by atoms with E-state index < -0.39 is 4.92 Å². The molecule has 0 aliphatic carbocycles. The third kappa shape index (κ3) is 3.05. The van der Waals surface area contributed by atoms with Crippen molar-refractivity contribution in [3.8, 4) is 6.07 Å². The molecule has 0 atom stereocenters. The first-order valence-electron chi connectivity index (χ1n) is 5.04. The van der Waals surface area contributed by atoms with Crippen LogP contribution in [-0.4, -0.2) is 4.92 Å². The Balaban J connectivity index is 3.09. The first kappa shape index (κ1) is 12.7. The van der Waals surface area contributed by atoms with Crippen molar-refractivity contribution in [3.63, 3.8) is 0 Å². The van der Waals surface area contributed by atoms with Crippen LogP contribution in [0, 0.1) is 35.3 Å². The van der Waals surface area contributed by atoms with E-state index >= 15 is 0 Å². The minimum atomic E-state index is -0.400. The lowest BCUT2D eigenvalue weighted by Crippen LogP contribution is -1.97. The van der Waals surface area contributed by atoms with Gasteiger partial charge < -0.3 is 5.32 Å². The van der Waals surface area contributed by atoms with Gasteiger partial charge in [0.1, 0.15) is 0 Å². The highest BCUT2D eigenvalue weighted by atomic mass is 16.6. The number of nitrogens with zero attached hydrogens (tertiary/aromatic N) is 2. The van der Waals surface area contributed by atoms with Crippen LogP contribution in [0.15, 0.2) is 23.9 Å². The molecule has 0 unspecified atom stereocenters. The molecular weight excluding hydrogens is 218 g/mol.